The summed E-state index contributed by atoms with van der Waals surface area (Å²) in [6.45, 7) is 10.0. The van der Waals surface area contributed by atoms with Gasteiger partial charge in [0.05, 0.1) is 32.1 Å². The number of carbonyl (C=O) groups excluding carboxylic acids is 4. The summed E-state index contributed by atoms with van der Waals surface area (Å²) in [6, 6.07) is 1.44. The van der Waals surface area contributed by atoms with Crippen LogP contribution in [0.2, 0.25) is 5.02 Å². The molecule has 322 valence electrons. The Morgan fingerprint density at radius 1 is 1.14 bits per heavy atom. The quantitative estimate of drug-likeness (QED) is 0.261. The zero-order chi connectivity index (χ0) is 42.3. The highest BCUT2D eigenvalue weighted by Gasteiger charge is 2.62. The van der Waals surface area contributed by atoms with Gasteiger partial charge in [0.2, 0.25) is 27.7 Å². The number of hydrogen-bond donors (Lipinski definition) is 3. The molecule has 1 saturated heterocycles. The summed E-state index contributed by atoms with van der Waals surface area (Å²) >= 11 is 7.02. The summed E-state index contributed by atoms with van der Waals surface area (Å²) < 4.78 is 52.0. The van der Waals surface area contributed by atoms with Gasteiger partial charge in [-0.3, -0.25) is 19.1 Å². The maximum Gasteiger partial charge on any atom is 0.407 e. The molecular weight excluding hydrogens is 802 g/mol. The van der Waals surface area contributed by atoms with Crippen molar-refractivity contribution in [3.05, 3.63) is 35.4 Å². The lowest BCUT2D eigenvalue weighted by atomic mass is 9.83. The Hall–Kier alpha value is -4.31. The number of hydrogen-bond acceptors (Lipinski definition) is 11. The second-order valence-electron chi connectivity index (χ2n) is 17.4. The molecule has 2 aliphatic heterocycles. The number of amides is 4. The SMILES string of the molecule is C=C[C@@H]1C[C@]1(NC(=O)[C@@H]1C[C@@H]2CN1C(=O)[C@H](C1CCCCC1)NC(=O)OCC(C)(C)CCCc1cc3c(cc(OCC)nc3c(Cl)c1OC)O2)C(=O)NS(=O)(=O)C1CC1. The van der Waals surface area contributed by atoms with Gasteiger partial charge in [-0.05, 0) is 81.3 Å². The second-order valence-corrected chi connectivity index (χ2v) is 19.8. The Kier molecular flexibility index (Phi) is 12.3. The van der Waals surface area contributed by atoms with Crippen LogP contribution in [0.15, 0.2) is 24.8 Å². The van der Waals surface area contributed by atoms with Crippen LogP contribution in [0.4, 0.5) is 4.79 Å². The van der Waals surface area contributed by atoms with E-state index < -0.39 is 74.1 Å². The summed E-state index contributed by atoms with van der Waals surface area (Å²) in [7, 11) is -2.38. The molecule has 7 rings (SSSR count). The van der Waals surface area contributed by atoms with Crippen molar-refractivity contribution in [1.29, 1.82) is 0 Å². The largest absolute Gasteiger partial charge is 0.495 e. The van der Waals surface area contributed by atoms with E-state index in [-0.39, 0.29) is 42.8 Å². The molecule has 59 heavy (non-hydrogen) atoms. The molecule has 15 nitrogen and oxygen atoms in total. The molecule has 4 amide bonds. The summed E-state index contributed by atoms with van der Waals surface area (Å²) in [6.07, 6.45) is 7.24. The summed E-state index contributed by atoms with van der Waals surface area (Å²) in [4.78, 5) is 62.9. The number of aromatic nitrogens is 1. The third kappa shape index (κ3) is 9.08. The number of halogens is 1. The maximum absolute atomic E-state index is 15.0. The first kappa shape index (κ1) is 42.8. The molecule has 0 radical (unpaired) electrons. The first-order valence-electron chi connectivity index (χ1n) is 20.8. The van der Waals surface area contributed by atoms with E-state index in [1.165, 1.54) is 11.0 Å². The summed E-state index contributed by atoms with van der Waals surface area (Å²) in [5, 5.41) is 5.97. The van der Waals surface area contributed by atoms with Gasteiger partial charge in [0.1, 0.15) is 45.8 Å². The van der Waals surface area contributed by atoms with E-state index in [4.69, 9.17) is 35.5 Å². The minimum atomic E-state index is -3.92. The van der Waals surface area contributed by atoms with E-state index in [1.807, 2.05) is 26.8 Å². The van der Waals surface area contributed by atoms with Crippen molar-refractivity contribution in [1.82, 2.24) is 25.2 Å². The standard InChI is InChI=1S/C42H56ClN5O10S/c1-6-26-21-42(26,39(51)47-59(53,54)28-15-16-28)46-37(49)30-19-27-22-48(30)38(50)34(24-12-9-8-10-13-24)45-40(52)57-23-41(3,4)17-11-14-25-18-29-31(58-27)20-32(56-7-2)44-35(29)33(43)36(25)55-5/h6,18,20,24,26-28,30,34H,1,7-17,19,21-23H2,2-5H3,(H,45,52)(H,46,49)(H,47,51)/t26-,27-,30+,34+,42-/m1/s1. The summed E-state index contributed by atoms with van der Waals surface area (Å²) in [5.41, 5.74) is -0.769. The Morgan fingerprint density at radius 3 is 2.54 bits per heavy atom. The number of fused-ring (bicyclic) bond motifs is 3. The number of carbonyl (C=O) groups is 4. The third-order valence-electron chi connectivity index (χ3n) is 12.5. The van der Waals surface area contributed by atoms with Crippen LogP contribution in [0.5, 0.6) is 17.4 Å². The van der Waals surface area contributed by atoms with Crippen LogP contribution < -0.4 is 29.6 Å². The topological polar surface area (TPSA) is 192 Å². The van der Waals surface area contributed by atoms with Gasteiger partial charge in [-0.15, -0.1) is 6.58 Å². The van der Waals surface area contributed by atoms with E-state index >= 15 is 0 Å². The number of alkyl carbamates (subject to hydrolysis) is 1. The van der Waals surface area contributed by atoms with Crippen LogP contribution in [-0.2, 0) is 35.6 Å². The average Bonchev–Trinajstić information content (AvgIpc) is 4.13. The number of nitrogens with zero attached hydrogens (tertiary/aromatic N) is 2. The molecule has 3 heterocycles. The van der Waals surface area contributed by atoms with E-state index in [1.54, 1.807) is 13.2 Å². The van der Waals surface area contributed by atoms with Crippen molar-refractivity contribution in [3.8, 4) is 17.4 Å². The maximum atomic E-state index is 15.0. The fraction of sp³-hybridized carbons (Fsp3) is 0.643. The van der Waals surface area contributed by atoms with Crippen molar-refractivity contribution < 1.29 is 46.5 Å². The van der Waals surface area contributed by atoms with Crippen LogP contribution in [0.1, 0.15) is 97.0 Å². The molecule has 4 fully saturated rings. The molecule has 3 aliphatic carbocycles. The number of methoxy groups -OCH3 is 1. The normalized spacial score (nSPS) is 27.7. The molecular formula is C42H56ClN5O10S. The number of rotatable bonds is 10. The number of sulfonamides is 1. The fourth-order valence-electron chi connectivity index (χ4n) is 8.89. The Morgan fingerprint density at radius 2 is 1.88 bits per heavy atom. The van der Waals surface area contributed by atoms with Crippen LogP contribution in [0, 0.1) is 17.3 Å². The van der Waals surface area contributed by atoms with Gasteiger partial charge in [0.25, 0.3) is 5.91 Å². The number of nitrogens with one attached hydrogen (secondary N) is 3. The van der Waals surface area contributed by atoms with E-state index in [0.717, 1.165) is 24.8 Å². The number of aryl methyl sites for hydroxylation is 1. The lowest BCUT2D eigenvalue weighted by Crippen LogP contribution is -2.59. The predicted octanol–water partition coefficient (Wildman–Crippen LogP) is 5.35. The minimum absolute atomic E-state index is 0.00888. The van der Waals surface area contributed by atoms with Gasteiger partial charge >= 0.3 is 6.09 Å². The highest BCUT2D eigenvalue weighted by molar-refractivity contribution is 7.91. The Bertz CT molecular complexity index is 2110. The number of benzene rings is 1. The van der Waals surface area contributed by atoms with Gasteiger partial charge < -0.3 is 34.5 Å². The molecule has 3 N–H and O–H groups in total. The molecule has 1 aromatic carbocycles. The molecule has 2 aromatic rings. The molecule has 17 heteroatoms. The second kappa shape index (κ2) is 17.0. The smallest absolute Gasteiger partial charge is 0.407 e. The van der Waals surface area contributed by atoms with Crippen molar-refractivity contribution in [2.24, 2.45) is 17.3 Å². The van der Waals surface area contributed by atoms with Crippen LogP contribution in [0.3, 0.4) is 0 Å². The highest BCUT2D eigenvalue weighted by Crippen LogP contribution is 2.46. The van der Waals surface area contributed by atoms with Gasteiger partial charge in [0, 0.05) is 23.8 Å². The predicted molar refractivity (Wildman–Crippen MR) is 220 cm³/mol. The van der Waals surface area contributed by atoms with Crippen molar-refractivity contribution in [2.75, 3.05) is 26.9 Å². The van der Waals surface area contributed by atoms with Gasteiger partial charge in [-0.2, -0.15) is 0 Å². The van der Waals surface area contributed by atoms with Gasteiger partial charge in [-0.1, -0.05) is 50.8 Å². The monoisotopic (exact) mass is 857 g/mol. The fourth-order valence-corrected chi connectivity index (χ4v) is 10.6. The average molecular weight is 858 g/mol. The zero-order valence-corrected chi connectivity index (χ0v) is 35.8. The third-order valence-corrected chi connectivity index (χ3v) is 14.6. The van der Waals surface area contributed by atoms with Crippen molar-refractivity contribution in [2.45, 2.75) is 127 Å². The first-order chi connectivity index (χ1) is 28.1. The molecule has 5 aliphatic rings. The minimum Gasteiger partial charge on any atom is -0.495 e. The molecule has 5 atom stereocenters. The lowest BCUT2D eigenvalue weighted by Gasteiger charge is -2.35. The molecule has 0 spiro atoms. The molecule has 1 aromatic heterocycles. The van der Waals surface area contributed by atoms with Gasteiger partial charge in [0.15, 0.2) is 0 Å². The molecule has 4 bridgehead atoms. The first-order valence-corrected chi connectivity index (χ1v) is 22.8. The van der Waals surface area contributed by atoms with Crippen molar-refractivity contribution in [3.63, 3.8) is 0 Å². The number of ether oxygens (including phenoxy) is 4. The molecule has 0 unspecified atom stereocenters. The molecule has 3 saturated carbocycles. The van der Waals surface area contributed by atoms with E-state index in [2.05, 4.69) is 21.9 Å². The number of cyclic esters (lactones) is 1. The van der Waals surface area contributed by atoms with Crippen molar-refractivity contribution >= 4 is 56.3 Å². The Labute approximate surface area is 350 Å². The van der Waals surface area contributed by atoms with Crippen LogP contribution >= 0.6 is 11.6 Å². The Balaban J connectivity index is 1.28. The lowest BCUT2D eigenvalue weighted by molar-refractivity contribution is -0.142. The van der Waals surface area contributed by atoms with E-state index in [0.29, 0.717) is 74.0 Å². The zero-order valence-electron chi connectivity index (χ0n) is 34.3. The van der Waals surface area contributed by atoms with E-state index in [9.17, 15) is 27.6 Å². The van der Waals surface area contributed by atoms with Crippen LogP contribution in [-0.4, -0.2) is 98.0 Å². The van der Waals surface area contributed by atoms with Gasteiger partial charge in [-0.25, -0.2) is 18.2 Å². The van der Waals surface area contributed by atoms with Crippen LogP contribution in [0.25, 0.3) is 10.9 Å². The number of pyridine rings is 1. The highest BCUT2D eigenvalue weighted by atomic mass is 35.5. The summed E-state index contributed by atoms with van der Waals surface area (Å²) in [5.74, 6) is -1.61.